The molecule has 1 N–H and O–H groups in total. The number of carbonyl (C=O) groups is 2. The van der Waals surface area contributed by atoms with Gasteiger partial charge in [-0.1, -0.05) is 0 Å². The average molecular weight is 605 g/mol. The molecular weight excluding hydrogens is 592 g/mol. The molecule has 0 radical (unpaired) electrons. The molecule has 0 aliphatic carbocycles. The Hall–Kier alpha value is -2.22. The molecule has 1 fully saturated rings. The zero-order valence-electron chi connectivity index (χ0n) is 14.4. The van der Waals surface area contributed by atoms with Crippen LogP contribution < -0.4 is 10.1 Å². The van der Waals surface area contributed by atoms with Gasteiger partial charge in [0.25, 0.3) is 11.6 Å². The third-order valence-corrected chi connectivity index (χ3v) is 5.55. The first-order chi connectivity index (χ1) is 13.3. The lowest BCUT2D eigenvalue weighted by molar-refractivity contribution is -0.384. The van der Waals surface area contributed by atoms with E-state index in [0.717, 1.165) is 23.2 Å². The largest absolute Gasteiger partial charge is 0.487 e. The minimum absolute atomic E-state index is 0.0319. The fraction of sp³-hybridized carbons (Fsp3) is 0.111. The second kappa shape index (κ2) is 8.43. The Morgan fingerprint density at radius 2 is 1.79 bits per heavy atom. The molecular formula is C18H13I2N3O5. The molecule has 8 nitrogen and oxygen atoms in total. The van der Waals surface area contributed by atoms with Crippen molar-refractivity contribution in [3.05, 3.63) is 70.5 Å². The Balaban J connectivity index is 1.76. The van der Waals surface area contributed by atoms with Gasteiger partial charge in [0.2, 0.25) is 0 Å². The second-order valence-electron chi connectivity index (χ2n) is 5.88. The number of hydrogen-bond donors (Lipinski definition) is 1. The molecule has 0 bridgehead atoms. The van der Waals surface area contributed by atoms with Crippen molar-refractivity contribution in [3.8, 4) is 5.75 Å². The minimum Gasteiger partial charge on any atom is -0.487 e. The monoisotopic (exact) mass is 605 g/mol. The maximum Gasteiger partial charge on any atom is 0.328 e. The lowest BCUT2D eigenvalue weighted by Crippen LogP contribution is -2.25. The summed E-state index contributed by atoms with van der Waals surface area (Å²) in [7, 11) is 1.42. The molecule has 1 saturated heterocycles. The molecule has 2 aromatic carbocycles. The van der Waals surface area contributed by atoms with Crippen molar-refractivity contribution in [2.24, 2.45) is 0 Å². The van der Waals surface area contributed by atoms with Gasteiger partial charge in [0.1, 0.15) is 18.1 Å². The lowest BCUT2D eigenvalue weighted by atomic mass is 10.2. The number of nitrogens with one attached hydrogen (secondary N) is 1. The molecule has 0 atom stereocenters. The van der Waals surface area contributed by atoms with Gasteiger partial charge < -0.3 is 10.1 Å². The number of non-ortho nitro benzene ring substituents is 1. The van der Waals surface area contributed by atoms with Gasteiger partial charge in [-0.2, -0.15) is 0 Å². The number of likely N-dealkylation sites (N-methyl/N-ethyl adjacent to an activating group) is 1. The highest BCUT2D eigenvalue weighted by Gasteiger charge is 2.30. The van der Waals surface area contributed by atoms with Gasteiger partial charge in [0.15, 0.2) is 0 Å². The molecule has 10 heteroatoms. The number of amides is 3. The lowest BCUT2D eigenvalue weighted by Gasteiger charge is -2.12. The van der Waals surface area contributed by atoms with Gasteiger partial charge in [0, 0.05) is 19.2 Å². The maximum atomic E-state index is 12.0. The smallest absolute Gasteiger partial charge is 0.328 e. The first-order valence-corrected chi connectivity index (χ1v) is 10.1. The standard InChI is InChI=1S/C18H13I2N3O5/c1-22-17(24)15(21-18(22)25)8-11-6-13(19)16(14(20)7-11)28-9-10-2-4-12(5-3-10)23(26)27/h2-8H,9H2,1H3,(H,21,25)/b15-8+. The molecule has 0 saturated carbocycles. The molecule has 2 aromatic rings. The van der Waals surface area contributed by atoms with Gasteiger partial charge in [-0.15, -0.1) is 0 Å². The van der Waals surface area contributed by atoms with Crippen LogP contribution in [0.2, 0.25) is 0 Å². The van der Waals surface area contributed by atoms with E-state index in [-0.39, 0.29) is 23.9 Å². The Bertz CT molecular complexity index is 982. The fourth-order valence-corrected chi connectivity index (χ4v) is 4.59. The third kappa shape index (κ3) is 4.43. The summed E-state index contributed by atoms with van der Waals surface area (Å²) >= 11 is 4.27. The van der Waals surface area contributed by atoms with Gasteiger partial charge in [-0.3, -0.25) is 19.8 Å². The van der Waals surface area contributed by atoms with Crippen LogP contribution in [0.5, 0.6) is 5.75 Å². The number of halogens is 2. The van der Waals surface area contributed by atoms with Gasteiger partial charge >= 0.3 is 6.03 Å². The Morgan fingerprint density at radius 3 is 2.29 bits per heavy atom. The summed E-state index contributed by atoms with van der Waals surface area (Å²) in [5.41, 5.74) is 1.82. The molecule has 144 valence electrons. The van der Waals surface area contributed by atoms with Crippen molar-refractivity contribution >= 4 is 68.9 Å². The number of benzene rings is 2. The molecule has 3 amide bonds. The average Bonchev–Trinajstić information content (AvgIpc) is 2.88. The normalized spacial score (nSPS) is 15.1. The highest BCUT2D eigenvalue weighted by Crippen LogP contribution is 2.31. The minimum atomic E-state index is -0.455. The van der Waals surface area contributed by atoms with Crippen LogP contribution in [0.25, 0.3) is 6.08 Å². The van der Waals surface area contributed by atoms with E-state index >= 15 is 0 Å². The molecule has 28 heavy (non-hydrogen) atoms. The third-order valence-electron chi connectivity index (χ3n) is 3.94. The summed E-state index contributed by atoms with van der Waals surface area (Å²) in [6, 6.07) is 9.42. The number of nitrogens with zero attached hydrogens (tertiary/aromatic N) is 2. The first kappa shape index (κ1) is 20.5. The summed E-state index contributed by atoms with van der Waals surface area (Å²) in [6.45, 7) is 0.268. The van der Waals surface area contributed by atoms with E-state index in [4.69, 9.17) is 4.74 Å². The SMILES string of the molecule is CN1C(=O)N/C(=C/c2cc(I)c(OCc3ccc([N+](=O)[O-])cc3)c(I)c2)C1=O. The van der Waals surface area contributed by atoms with E-state index in [1.165, 1.54) is 19.2 Å². The van der Waals surface area contributed by atoms with Gasteiger partial charge in [-0.05, 0) is 86.7 Å². The molecule has 0 unspecified atom stereocenters. The van der Waals surface area contributed by atoms with Crippen LogP contribution in [0.1, 0.15) is 11.1 Å². The molecule has 0 spiro atoms. The zero-order valence-corrected chi connectivity index (χ0v) is 18.8. The number of nitro groups is 1. The highest BCUT2D eigenvalue weighted by molar-refractivity contribution is 14.1. The quantitative estimate of drug-likeness (QED) is 0.183. The van der Waals surface area contributed by atoms with Crippen LogP contribution in [0, 0.1) is 17.3 Å². The summed E-state index contributed by atoms with van der Waals surface area (Å²) in [5, 5.41) is 13.2. The molecule has 0 aromatic heterocycles. The van der Waals surface area contributed by atoms with Crippen LogP contribution in [-0.4, -0.2) is 28.8 Å². The van der Waals surface area contributed by atoms with E-state index in [9.17, 15) is 19.7 Å². The number of hydrogen-bond acceptors (Lipinski definition) is 5. The van der Waals surface area contributed by atoms with E-state index in [1.807, 2.05) is 12.1 Å². The number of urea groups is 1. The number of ether oxygens (including phenoxy) is 1. The van der Waals surface area contributed by atoms with Crippen molar-refractivity contribution in [2.75, 3.05) is 7.05 Å². The first-order valence-electron chi connectivity index (χ1n) is 7.92. The zero-order chi connectivity index (χ0) is 20.4. The Labute approximate surface area is 187 Å². The Morgan fingerprint density at radius 1 is 1.18 bits per heavy atom. The molecule has 1 aliphatic rings. The predicted octanol–water partition coefficient (Wildman–Crippen LogP) is 3.91. The van der Waals surface area contributed by atoms with E-state index in [0.29, 0.717) is 5.75 Å². The van der Waals surface area contributed by atoms with E-state index in [1.54, 1.807) is 18.2 Å². The van der Waals surface area contributed by atoms with Gasteiger partial charge in [-0.25, -0.2) is 4.79 Å². The Kier molecular flexibility index (Phi) is 6.17. The maximum absolute atomic E-state index is 12.0. The van der Waals surface area contributed by atoms with E-state index < -0.39 is 11.0 Å². The van der Waals surface area contributed by atoms with Crippen molar-refractivity contribution in [3.63, 3.8) is 0 Å². The second-order valence-corrected chi connectivity index (χ2v) is 8.20. The van der Waals surface area contributed by atoms with Crippen LogP contribution in [-0.2, 0) is 11.4 Å². The highest BCUT2D eigenvalue weighted by atomic mass is 127. The summed E-state index contributed by atoms with van der Waals surface area (Å²) in [6.07, 6.45) is 1.62. The predicted molar refractivity (Wildman–Crippen MR) is 119 cm³/mol. The number of imide groups is 1. The van der Waals surface area contributed by atoms with Crippen LogP contribution in [0.15, 0.2) is 42.1 Å². The van der Waals surface area contributed by atoms with Crippen molar-refractivity contribution in [1.29, 1.82) is 0 Å². The van der Waals surface area contributed by atoms with Crippen molar-refractivity contribution in [2.45, 2.75) is 6.61 Å². The van der Waals surface area contributed by atoms with Crippen LogP contribution in [0.3, 0.4) is 0 Å². The van der Waals surface area contributed by atoms with Crippen molar-refractivity contribution < 1.29 is 19.2 Å². The topological polar surface area (TPSA) is 102 Å². The summed E-state index contributed by atoms with van der Waals surface area (Å²) in [4.78, 5) is 34.8. The van der Waals surface area contributed by atoms with Crippen LogP contribution in [0.4, 0.5) is 10.5 Å². The molecule has 1 heterocycles. The number of nitro benzene ring substituents is 1. The van der Waals surface area contributed by atoms with Crippen LogP contribution >= 0.6 is 45.2 Å². The number of carbonyl (C=O) groups excluding carboxylic acids is 2. The molecule has 1 aliphatic heterocycles. The summed E-state index contributed by atoms with van der Waals surface area (Å²) < 4.78 is 7.56. The molecule has 3 rings (SSSR count). The fourth-order valence-electron chi connectivity index (χ4n) is 2.46. The van der Waals surface area contributed by atoms with Gasteiger partial charge in [0.05, 0.1) is 12.1 Å². The number of rotatable bonds is 5. The summed E-state index contributed by atoms with van der Waals surface area (Å²) in [5.74, 6) is 0.300. The van der Waals surface area contributed by atoms with Crippen molar-refractivity contribution in [1.82, 2.24) is 10.2 Å². The van der Waals surface area contributed by atoms with E-state index in [2.05, 4.69) is 50.5 Å².